The van der Waals surface area contributed by atoms with E-state index in [4.69, 9.17) is 14.2 Å². The third kappa shape index (κ3) is 5.07. The van der Waals surface area contributed by atoms with E-state index >= 15 is 0 Å². The maximum atomic E-state index is 12.2. The van der Waals surface area contributed by atoms with Gasteiger partial charge in [-0.25, -0.2) is 0 Å². The zero-order chi connectivity index (χ0) is 19.2. The molecule has 25 heavy (non-hydrogen) atoms. The highest BCUT2D eigenvalue weighted by molar-refractivity contribution is 7.86. The Morgan fingerprint density at radius 3 is 2.04 bits per heavy atom. The first-order chi connectivity index (χ1) is 11.7. The van der Waals surface area contributed by atoms with Crippen LogP contribution in [0, 0.1) is 5.92 Å². The summed E-state index contributed by atoms with van der Waals surface area (Å²) in [6.07, 6.45) is 0. The second kappa shape index (κ2) is 8.67. The Kier molecular flexibility index (Phi) is 7.19. The molecule has 1 unspecified atom stereocenters. The highest BCUT2D eigenvalue weighted by atomic mass is 32.2. The van der Waals surface area contributed by atoms with Gasteiger partial charge in [-0.15, -0.1) is 0 Å². The summed E-state index contributed by atoms with van der Waals surface area (Å²) in [5.74, 6) is -4.64. The van der Waals surface area contributed by atoms with Gasteiger partial charge in [-0.05, 0) is 31.5 Å². The number of methoxy groups -OCH3 is 1. The number of hydrogen-bond acceptors (Lipinski definition) is 8. The fraction of sp³-hybridized carbons (Fsp3) is 0.467. The number of hydrogen-bond donors (Lipinski definition) is 2. The van der Waals surface area contributed by atoms with Gasteiger partial charge in [0.1, 0.15) is 5.25 Å². The van der Waals surface area contributed by atoms with Gasteiger partial charge in [0.25, 0.3) is 10.1 Å². The van der Waals surface area contributed by atoms with Crippen molar-refractivity contribution in [2.75, 3.05) is 20.3 Å². The molecular formula is C15H20O9S. The standard InChI is InChI=1S/C15H20O9S/c1-4-23-14(17)12(15(18)24-5-2)13(25(19,20)21)9-6-7-10(16)11(8-9)22-3/h6-8,12-13,16H,4-5H2,1-3H3,(H,19,20,21). The molecule has 0 fully saturated rings. The molecule has 0 aromatic heterocycles. The molecule has 0 spiro atoms. The minimum atomic E-state index is -4.92. The fourth-order valence-corrected chi connectivity index (χ4v) is 3.27. The van der Waals surface area contributed by atoms with Crippen LogP contribution in [0.15, 0.2) is 18.2 Å². The average molecular weight is 376 g/mol. The Morgan fingerprint density at radius 1 is 1.12 bits per heavy atom. The van der Waals surface area contributed by atoms with Crippen LogP contribution in [0.4, 0.5) is 0 Å². The highest BCUT2D eigenvalue weighted by Gasteiger charge is 2.45. The maximum absolute atomic E-state index is 12.2. The summed E-state index contributed by atoms with van der Waals surface area (Å²) in [6, 6.07) is 3.35. The Balaban J connectivity index is 3.53. The number of phenolic OH excluding ortho intramolecular Hbond substituents is 1. The van der Waals surface area contributed by atoms with Crippen LogP contribution < -0.4 is 4.74 Å². The van der Waals surface area contributed by atoms with Crippen LogP contribution in [0.2, 0.25) is 0 Å². The molecule has 0 aliphatic heterocycles. The van der Waals surface area contributed by atoms with Crippen molar-refractivity contribution >= 4 is 22.1 Å². The van der Waals surface area contributed by atoms with E-state index in [-0.39, 0.29) is 30.3 Å². The van der Waals surface area contributed by atoms with Crippen molar-refractivity contribution in [3.05, 3.63) is 23.8 Å². The molecule has 2 N–H and O–H groups in total. The molecule has 0 amide bonds. The van der Waals surface area contributed by atoms with Crippen molar-refractivity contribution in [2.24, 2.45) is 5.92 Å². The molecule has 0 bridgehead atoms. The summed E-state index contributed by atoms with van der Waals surface area (Å²) in [7, 11) is -3.69. The summed E-state index contributed by atoms with van der Waals surface area (Å²) >= 11 is 0. The first-order valence-electron chi connectivity index (χ1n) is 7.33. The van der Waals surface area contributed by atoms with E-state index in [0.29, 0.717) is 0 Å². The Bertz CT molecular complexity index is 709. The molecule has 1 rings (SSSR count). The van der Waals surface area contributed by atoms with Gasteiger partial charge >= 0.3 is 11.9 Å². The van der Waals surface area contributed by atoms with Crippen LogP contribution in [0.5, 0.6) is 11.5 Å². The predicted molar refractivity (Wildman–Crippen MR) is 85.7 cm³/mol. The van der Waals surface area contributed by atoms with Crippen LogP contribution in [-0.2, 0) is 29.2 Å². The SMILES string of the molecule is CCOC(=O)C(C(=O)OCC)C(c1ccc(O)c(OC)c1)S(=O)(=O)O. The van der Waals surface area contributed by atoms with Crippen molar-refractivity contribution < 1.29 is 41.9 Å². The lowest BCUT2D eigenvalue weighted by Gasteiger charge is -2.22. The van der Waals surface area contributed by atoms with Crippen molar-refractivity contribution in [3.8, 4) is 11.5 Å². The minimum absolute atomic E-state index is 0.0994. The van der Waals surface area contributed by atoms with Gasteiger partial charge in [-0.3, -0.25) is 14.1 Å². The molecule has 10 heteroatoms. The second-order valence-electron chi connectivity index (χ2n) is 4.85. The summed E-state index contributed by atoms with van der Waals surface area (Å²) in [5, 5.41) is 7.64. The maximum Gasteiger partial charge on any atom is 0.322 e. The Morgan fingerprint density at radius 2 is 1.64 bits per heavy atom. The molecule has 9 nitrogen and oxygen atoms in total. The first-order valence-corrected chi connectivity index (χ1v) is 8.84. The van der Waals surface area contributed by atoms with E-state index in [1.54, 1.807) is 0 Å². The second-order valence-corrected chi connectivity index (χ2v) is 6.39. The molecule has 1 aromatic rings. The molecule has 0 saturated heterocycles. The number of carbonyl (C=O) groups is 2. The van der Waals surface area contributed by atoms with Crippen LogP contribution >= 0.6 is 0 Å². The number of ether oxygens (including phenoxy) is 3. The first kappa shape index (κ1) is 20.7. The summed E-state index contributed by atoms with van der Waals surface area (Å²) in [6.45, 7) is 2.75. The van der Waals surface area contributed by atoms with Gasteiger partial charge in [0.05, 0.1) is 20.3 Å². The van der Waals surface area contributed by atoms with Crippen molar-refractivity contribution in [2.45, 2.75) is 19.1 Å². The van der Waals surface area contributed by atoms with Crippen LogP contribution in [-0.4, -0.2) is 50.3 Å². The Hall–Kier alpha value is -2.33. The minimum Gasteiger partial charge on any atom is -0.504 e. The summed E-state index contributed by atoms with van der Waals surface area (Å²) < 4.78 is 47.8. The van der Waals surface area contributed by atoms with Crippen molar-refractivity contribution in [1.29, 1.82) is 0 Å². The van der Waals surface area contributed by atoms with E-state index in [0.717, 1.165) is 18.2 Å². The van der Waals surface area contributed by atoms with Crippen LogP contribution in [0.3, 0.4) is 0 Å². The summed E-state index contributed by atoms with van der Waals surface area (Å²) in [4.78, 5) is 24.3. The third-order valence-electron chi connectivity index (χ3n) is 3.24. The van der Waals surface area contributed by atoms with E-state index in [9.17, 15) is 27.7 Å². The molecule has 140 valence electrons. The third-order valence-corrected chi connectivity index (χ3v) is 4.42. The van der Waals surface area contributed by atoms with Crippen molar-refractivity contribution in [3.63, 3.8) is 0 Å². The lowest BCUT2D eigenvalue weighted by molar-refractivity contribution is -0.161. The number of rotatable bonds is 8. The molecule has 1 atom stereocenters. The zero-order valence-electron chi connectivity index (χ0n) is 14.0. The lowest BCUT2D eigenvalue weighted by Crippen LogP contribution is -2.36. The lowest BCUT2D eigenvalue weighted by atomic mass is 9.98. The number of phenols is 1. The van der Waals surface area contributed by atoms with E-state index in [1.807, 2.05) is 0 Å². The van der Waals surface area contributed by atoms with Gasteiger partial charge in [-0.1, -0.05) is 6.07 Å². The fourth-order valence-electron chi connectivity index (χ4n) is 2.22. The molecule has 0 radical (unpaired) electrons. The molecule has 0 heterocycles. The predicted octanol–water partition coefficient (Wildman–Crippen LogP) is 1.07. The highest BCUT2D eigenvalue weighted by Crippen LogP contribution is 2.36. The topological polar surface area (TPSA) is 136 Å². The van der Waals surface area contributed by atoms with Gasteiger partial charge in [-0.2, -0.15) is 8.42 Å². The van der Waals surface area contributed by atoms with Crippen LogP contribution in [0.25, 0.3) is 0 Å². The summed E-state index contributed by atoms with van der Waals surface area (Å²) in [5.41, 5.74) is -0.150. The molecule has 0 aliphatic rings. The molecule has 1 aromatic carbocycles. The number of aromatic hydroxyl groups is 1. The molecule has 0 saturated carbocycles. The smallest absolute Gasteiger partial charge is 0.322 e. The normalized spacial score (nSPS) is 12.5. The van der Waals surface area contributed by atoms with Gasteiger partial charge < -0.3 is 19.3 Å². The number of esters is 2. The van der Waals surface area contributed by atoms with E-state index < -0.39 is 33.2 Å². The Labute approximate surface area is 145 Å². The average Bonchev–Trinajstić information content (AvgIpc) is 2.52. The van der Waals surface area contributed by atoms with Gasteiger partial charge in [0, 0.05) is 0 Å². The van der Waals surface area contributed by atoms with E-state index in [1.165, 1.54) is 21.0 Å². The van der Waals surface area contributed by atoms with E-state index in [2.05, 4.69) is 0 Å². The zero-order valence-corrected chi connectivity index (χ0v) is 14.8. The quantitative estimate of drug-likeness (QED) is 0.388. The molecular weight excluding hydrogens is 356 g/mol. The molecule has 0 aliphatic carbocycles. The monoisotopic (exact) mass is 376 g/mol. The van der Waals surface area contributed by atoms with Crippen LogP contribution in [0.1, 0.15) is 24.7 Å². The number of carbonyl (C=O) groups excluding carboxylic acids is 2. The van der Waals surface area contributed by atoms with Gasteiger partial charge in [0.2, 0.25) is 0 Å². The van der Waals surface area contributed by atoms with Gasteiger partial charge in [0.15, 0.2) is 17.4 Å². The number of benzene rings is 1. The largest absolute Gasteiger partial charge is 0.504 e. The van der Waals surface area contributed by atoms with Crippen molar-refractivity contribution in [1.82, 2.24) is 0 Å².